The van der Waals surface area contributed by atoms with Crippen LogP contribution >= 0.6 is 0 Å². The zero-order valence-corrected chi connectivity index (χ0v) is 16.1. The van der Waals surface area contributed by atoms with Crippen LogP contribution in [0.25, 0.3) is 0 Å². The lowest BCUT2D eigenvalue weighted by Crippen LogP contribution is -2.31. The highest BCUT2D eigenvalue weighted by molar-refractivity contribution is 6.08. The molecule has 0 atom stereocenters. The third-order valence-corrected chi connectivity index (χ3v) is 4.50. The smallest absolute Gasteiger partial charge is 0.229 e. The lowest BCUT2D eigenvalue weighted by Gasteiger charge is -2.26. The number of benzene rings is 2. The second-order valence-corrected chi connectivity index (χ2v) is 6.82. The molecule has 1 amide bonds. The van der Waals surface area contributed by atoms with Gasteiger partial charge in [-0.25, -0.2) is 0 Å². The van der Waals surface area contributed by atoms with E-state index in [1.54, 1.807) is 59.4 Å². The number of fused-ring (bicyclic) bond motifs is 1. The predicted octanol–water partition coefficient (Wildman–Crippen LogP) is 3.13. The number of hydrogen-bond donors (Lipinski definition) is 0. The van der Waals surface area contributed by atoms with Crippen LogP contribution in [-0.2, 0) is 11.2 Å². The Morgan fingerprint density at radius 2 is 1.89 bits per heavy atom. The number of amides is 1. The van der Waals surface area contributed by atoms with Crippen LogP contribution in [-0.4, -0.2) is 37.7 Å². The van der Waals surface area contributed by atoms with Gasteiger partial charge in [-0.05, 0) is 54.4 Å². The first-order valence-electron chi connectivity index (χ1n) is 8.89. The predicted molar refractivity (Wildman–Crippen MR) is 106 cm³/mol. The molecule has 0 aliphatic carbocycles. The van der Waals surface area contributed by atoms with Crippen molar-refractivity contribution in [1.82, 2.24) is 4.90 Å². The first-order valence-corrected chi connectivity index (χ1v) is 8.89. The topological polar surface area (TPSA) is 73.6 Å². The molecule has 0 unspecified atom stereocenters. The van der Waals surface area contributed by atoms with E-state index in [1.807, 2.05) is 20.2 Å². The molecule has 6 heteroatoms. The highest BCUT2D eigenvalue weighted by Crippen LogP contribution is 2.28. The maximum atomic E-state index is 13.1. The van der Waals surface area contributed by atoms with E-state index in [2.05, 4.69) is 6.07 Å². The van der Waals surface area contributed by atoms with Crippen LogP contribution in [0, 0.1) is 11.3 Å². The van der Waals surface area contributed by atoms with Crippen molar-refractivity contribution in [3.63, 3.8) is 0 Å². The summed E-state index contributed by atoms with van der Waals surface area (Å²) < 4.78 is 5.82. The minimum Gasteiger partial charge on any atom is -0.452 e. The van der Waals surface area contributed by atoms with E-state index in [4.69, 9.17) is 10.00 Å². The number of rotatable bonds is 5. The lowest BCUT2D eigenvalue weighted by molar-refractivity contribution is -0.118. The number of carbonyl (C=O) groups is 2. The molecule has 0 fully saturated rings. The van der Waals surface area contributed by atoms with Gasteiger partial charge in [0.25, 0.3) is 0 Å². The molecular weight excluding hydrogens is 354 g/mol. The molecule has 0 bridgehead atoms. The summed E-state index contributed by atoms with van der Waals surface area (Å²) in [4.78, 5) is 28.3. The Labute approximate surface area is 164 Å². The number of ether oxygens (including phenoxy) is 1. The molecule has 0 saturated heterocycles. The van der Waals surface area contributed by atoms with Crippen LogP contribution in [0.2, 0.25) is 0 Å². The largest absolute Gasteiger partial charge is 0.452 e. The zero-order valence-electron chi connectivity index (χ0n) is 16.1. The van der Waals surface area contributed by atoms with Crippen LogP contribution in [0.1, 0.15) is 27.9 Å². The van der Waals surface area contributed by atoms with Gasteiger partial charge in [-0.15, -0.1) is 0 Å². The van der Waals surface area contributed by atoms with Crippen molar-refractivity contribution in [2.45, 2.75) is 12.8 Å². The van der Waals surface area contributed by atoms with Gasteiger partial charge in [0.1, 0.15) is 5.75 Å². The molecule has 6 nitrogen and oxygen atoms in total. The van der Waals surface area contributed by atoms with Crippen molar-refractivity contribution in [3.05, 3.63) is 71.1 Å². The number of nitrogens with zero attached hydrogens (tertiary/aromatic N) is 3. The third kappa shape index (κ3) is 4.04. The molecule has 0 saturated carbocycles. The number of ketones is 1. The Morgan fingerprint density at radius 1 is 1.18 bits per heavy atom. The molecule has 0 spiro atoms. The number of hydrogen-bond acceptors (Lipinski definition) is 5. The van der Waals surface area contributed by atoms with Crippen LogP contribution in [0.15, 0.2) is 54.4 Å². The highest BCUT2D eigenvalue weighted by Gasteiger charge is 2.23. The highest BCUT2D eigenvalue weighted by atomic mass is 16.5. The van der Waals surface area contributed by atoms with Gasteiger partial charge in [0.15, 0.2) is 5.76 Å². The molecule has 0 radical (unpaired) electrons. The number of aryl methyl sites for hydroxylation is 1. The van der Waals surface area contributed by atoms with Gasteiger partial charge in [0, 0.05) is 45.0 Å². The molecule has 142 valence electrons. The maximum absolute atomic E-state index is 13.1. The fourth-order valence-corrected chi connectivity index (χ4v) is 3.03. The Bertz CT molecular complexity index is 985. The maximum Gasteiger partial charge on any atom is 0.229 e. The molecule has 2 aromatic rings. The van der Waals surface area contributed by atoms with E-state index in [0.717, 1.165) is 11.3 Å². The van der Waals surface area contributed by atoms with Crippen LogP contribution in [0.3, 0.4) is 0 Å². The van der Waals surface area contributed by atoms with Gasteiger partial charge < -0.3 is 14.5 Å². The Hall–Kier alpha value is -3.59. The van der Waals surface area contributed by atoms with Crippen LogP contribution < -0.4 is 9.64 Å². The Morgan fingerprint density at radius 3 is 2.54 bits per heavy atom. The molecule has 0 N–H and O–H groups in total. The monoisotopic (exact) mass is 375 g/mol. The summed E-state index contributed by atoms with van der Waals surface area (Å²) in [5.74, 6) is 0.475. The second kappa shape index (κ2) is 7.97. The summed E-state index contributed by atoms with van der Waals surface area (Å²) in [6, 6.07) is 14.0. The third-order valence-electron chi connectivity index (χ3n) is 4.50. The quantitative estimate of drug-likeness (QED) is 0.456. The van der Waals surface area contributed by atoms with E-state index in [1.165, 1.54) is 0 Å². The number of allylic oxidation sites excluding steroid dienone is 1. The van der Waals surface area contributed by atoms with Crippen molar-refractivity contribution in [2.24, 2.45) is 0 Å². The summed E-state index contributed by atoms with van der Waals surface area (Å²) in [6.07, 6.45) is 2.67. The SMILES string of the molecule is CN(C)/C=C(\Oc1ccc(C#N)cc1)C(=O)c1ccc2c(c1)CCC(=O)N2C. The Kier molecular flexibility index (Phi) is 5.46. The van der Waals surface area contributed by atoms with Gasteiger partial charge in [-0.3, -0.25) is 9.59 Å². The minimum absolute atomic E-state index is 0.0731. The van der Waals surface area contributed by atoms with Crippen molar-refractivity contribution >= 4 is 17.4 Å². The summed E-state index contributed by atoms with van der Waals surface area (Å²) in [6.45, 7) is 0. The summed E-state index contributed by atoms with van der Waals surface area (Å²) in [5.41, 5.74) is 2.82. The number of nitriles is 1. The van der Waals surface area contributed by atoms with E-state index < -0.39 is 0 Å². The van der Waals surface area contributed by atoms with E-state index >= 15 is 0 Å². The second-order valence-electron chi connectivity index (χ2n) is 6.82. The van der Waals surface area contributed by atoms with Crippen LogP contribution in [0.4, 0.5) is 5.69 Å². The first kappa shape index (κ1) is 19.2. The van der Waals surface area contributed by atoms with Crippen molar-refractivity contribution < 1.29 is 14.3 Å². The molecule has 1 aliphatic rings. The van der Waals surface area contributed by atoms with Gasteiger partial charge in [-0.2, -0.15) is 5.26 Å². The molecule has 0 aromatic heterocycles. The number of Topliss-reactive ketones (excluding diaryl/α,β-unsaturated/α-hetero) is 1. The van der Waals surface area contributed by atoms with Gasteiger partial charge in [0.05, 0.1) is 11.6 Å². The molecule has 1 aliphatic heterocycles. The van der Waals surface area contributed by atoms with Gasteiger partial charge in [-0.1, -0.05) is 0 Å². The zero-order chi connectivity index (χ0) is 20.3. The number of anilines is 1. The average molecular weight is 375 g/mol. The van der Waals surface area contributed by atoms with Crippen molar-refractivity contribution in [2.75, 3.05) is 26.0 Å². The summed E-state index contributed by atoms with van der Waals surface area (Å²) >= 11 is 0. The first-order chi connectivity index (χ1) is 13.4. The normalized spacial score (nSPS) is 13.6. The van der Waals surface area contributed by atoms with Crippen molar-refractivity contribution in [1.29, 1.82) is 5.26 Å². The molecular formula is C22H21N3O3. The fraction of sp³-hybridized carbons (Fsp3) is 0.227. The lowest BCUT2D eigenvalue weighted by atomic mass is 9.97. The van der Waals surface area contributed by atoms with Gasteiger partial charge in [0.2, 0.25) is 11.7 Å². The summed E-state index contributed by atoms with van der Waals surface area (Å²) in [7, 11) is 5.36. The molecule has 28 heavy (non-hydrogen) atoms. The number of carbonyl (C=O) groups excluding carboxylic acids is 2. The molecule has 2 aromatic carbocycles. The van der Waals surface area contributed by atoms with E-state index in [0.29, 0.717) is 29.7 Å². The minimum atomic E-state index is -0.250. The van der Waals surface area contributed by atoms with Gasteiger partial charge >= 0.3 is 0 Å². The standard InChI is InChI=1S/C22H21N3O3/c1-24(2)14-20(28-18-8-4-15(13-23)5-9-18)22(27)17-6-10-19-16(12-17)7-11-21(26)25(19)3/h4-6,8-10,12,14H,7,11H2,1-3H3/b20-14-. The van der Waals surface area contributed by atoms with Crippen LogP contribution in [0.5, 0.6) is 5.75 Å². The average Bonchev–Trinajstić information content (AvgIpc) is 2.69. The Balaban J connectivity index is 1.90. The molecule has 3 rings (SSSR count). The molecule has 1 heterocycles. The summed E-state index contributed by atoms with van der Waals surface area (Å²) in [5, 5.41) is 8.91. The fourth-order valence-electron chi connectivity index (χ4n) is 3.03. The van der Waals surface area contributed by atoms with Crippen molar-refractivity contribution in [3.8, 4) is 11.8 Å². The van der Waals surface area contributed by atoms with E-state index in [-0.39, 0.29) is 17.4 Å². The van der Waals surface area contributed by atoms with E-state index in [9.17, 15) is 9.59 Å².